The Balaban J connectivity index is 1.84. The Kier molecular flexibility index (Phi) is 5.54. The number of nitrogens with two attached hydrogens (primary N) is 1. The third-order valence-electron chi connectivity index (χ3n) is 2.95. The zero-order valence-corrected chi connectivity index (χ0v) is 12.9. The maximum Gasteiger partial charge on any atom is 0.416 e. The Morgan fingerprint density at radius 1 is 1.13 bits per heavy atom. The van der Waals surface area contributed by atoms with Crippen LogP contribution in [0.1, 0.15) is 12.0 Å². The molecule has 0 bridgehead atoms. The monoisotopic (exact) mass is 340 g/mol. The van der Waals surface area contributed by atoms with Crippen molar-refractivity contribution in [3.8, 4) is 0 Å². The molecule has 0 saturated carbocycles. The molecule has 2 rings (SSSR count). The van der Waals surface area contributed by atoms with Crippen LogP contribution >= 0.6 is 11.8 Å². The van der Waals surface area contributed by atoms with Gasteiger partial charge in [0.1, 0.15) is 0 Å². The molecular formula is C16H15F3N2OS. The SMILES string of the molecule is Nc1ccc(SCCC(=O)Nc2cccc(C(F)(F)F)c2)cc1. The first-order chi connectivity index (χ1) is 10.8. The summed E-state index contributed by atoms with van der Waals surface area (Å²) in [4.78, 5) is 12.8. The van der Waals surface area contributed by atoms with Gasteiger partial charge in [-0.05, 0) is 42.5 Å². The molecule has 0 spiro atoms. The number of halogens is 3. The maximum absolute atomic E-state index is 12.6. The van der Waals surface area contributed by atoms with Crippen LogP contribution in [-0.4, -0.2) is 11.7 Å². The predicted octanol–water partition coefficient (Wildman–Crippen LogP) is 4.41. The number of carbonyl (C=O) groups excluding carboxylic acids is 1. The van der Waals surface area contributed by atoms with Crippen molar-refractivity contribution in [1.82, 2.24) is 0 Å². The fourth-order valence-corrected chi connectivity index (χ4v) is 2.67. The van der Waals surface area contributed by atoms with E-state index < -0.39 is 11.7 Å². The highest BCUT2D eigenvalue weighted by molar-refractivity contribution is 7.99. The predicted molar refractivity (Wildman–Crippen MR) is 86.3 cm³/mol. The molecule has 3 nitrogen and oxygen atoms in total. The lowest BCUT2D eigenvalue weighted by Gasteiger charge is -2.10. The normalized spacial score (nSPS) is 11.3. The Bertz CT molecular complexity index is 672. The maximum atomic E-state index is 12.6. The molecule has 2 aromatic rings. The molecule has 23 heavy (non-hydrogen) atoms. The molecule has 0 aliphatic heterocycles. The molecule has 0 aliphatic rings. The Morgan fingerprint density at radius 3 is 2.48 bits per heavy atom. The molecule has 2 aromatic carbocycles. The van der Waals surface area contributed by atoms with Crippen LogP contribution in [0.4, 0.5) is 24.5 Å². The molecule has 0 radical (unpaired) electrons. The molecule has 1 amide bonds. The Hall–Kier alpha value is -2.15. The molecule has 0 aromatic heterocycles. The van der Waals surface area contributed by atoms with E-state index in [2.05, 4.69) is 5.32 Å². The first-order valence-electron chi connectivity index (χ1n) is 6.80. The molecular weight excluding hydrogens is 325 g/mol. The number of carbonyl (C=O) groups is 1. The van der Waals surface area contributed by atoms with E-state index in [1.54, 1.807) is 12.1 Å². The van der Waals surface area contributed by atoms with Crippen LogP contribution in [0.15, 0.2) is 53.4 Å². The van der Waals surface area contributed by atoms with Crippen molar-refractivity contribution in [1.29, 1.82) is 0 Å². The third kappa shape index (κ3) is 5.52. The van der Waals surface area contributed by atoms with Gasteiger partial charge in [-0.15, -0.1) is 11.8 Å². The van der Waals surface area contributed by atoms with Gasteiger partial charge >= 0.3 is 6.18 Å². The van der Waals surface area contributed by atoms with E-state index >= 15 is 0 Å². The van der Waals surface area contributed by atoms with Crippen LogP contribution in [-0.2, 0) is 11.0 Å². The largest absolute Gasteiger partial charge is 0.416 e. The zero-order chi connectivity index (χ0) is 16.9. The third-order valence-corrected chi connectivity index (χ3v) is 3.97. The Morgan fingerprint density at radius 2 is 1.83 bits per heavy atom. The van der Waals surface area contributed by atoms with E-state index in [1.807, 2.05) is 12.1 Å². The highest BCUT2D eigenvalue weighted by atomic mass is 32.2. The van der Waals surface area contributed by atoms with Crippen molar-refractivity contribution in [2.45, 2.75) is 17.5 Å². The van der Waals surface area contributed by atoms with Crippen molar-refractivity contribution >= 4 is 29.0 Å². The molecule has 3 N–H and O–H groups in total. The minimum atomic E-state index is -4.42. The summed E-state index contributed by atoms with van der Waals surface area (Å²) < 4.78 is 37.8. The average molecular weight is 340 g/mol. The number of rotatable bonds is 5. The van der Waals surface area contributed by atoms with Crippen molar-refractivity contribution < 1.29 is 18.0 Å². The van der Waals surface area contributed by atoms with Gasteiger partial charge in [0.2, 0.25) is 5.91 Å². The first kappa shape index (κ1) is 17.2. The van der Waals surface area contributed by atoms with Gasteiger partial charge < -0.3 is 11.1 Å². The fourth-order valence-electron chi connectivity index (χ4n) is 1.82. The smallest absolute Gasteiger partial charge is 0.399 e. The van der Waals surface area contributed by atoms with E-state index in [4.69, 9.17) is 5.73 Å². The summed E-state index contributed by atoms with van der Waals surface area (Å²) in [6, 6.07) is 11.8. The lowest BCUT2D eigenvalue weighted by atomic mass is 10.2. The number of thioether (sulfide) groups is 1. The number of amides is 1. The van der Waals surface area contributed by atoms with Gasteiger partial charge in [0.15, 0.2) is 0 Å². The van der Waals surface area contributed by atoms with Gasteiger partial charge in [-0.1, -0.05) is 6.07 Å². The fraction of sp³-hybridized carbons (Fsp3) is 0.188. The highest BCUT2D eigenvalue weighted by Crippen LogP contribution is 2.30. The molecule has 0 fully saturated rings. The zero-order valence-electron chi connectivity index (χ0n) is 12.1. The van der Waals surface area contributed by atoms with E-state index in [-0.39, 0.29) is 18.0 Å². The summed E-state index contributed by atoms with van der Waals surface area (Å²) >= 11 is 1.48. The van der Waals surface area contributed by atoms with Gasteiger partial charge in [-0.25, -0.2) is 0 Å². The van der Waals surface area contributed by atoms with Crippen molar-refractivity contribution in [2.24, 2.45) is 0 Å². The van der Waals surface area contributed by atoms with Crippen molar-refractivity contribution in [3.05, 3.63) is 54.1 Å². The standard InChI is InChI=1S/C16H15F3N2OS/c17-16(18,19)11-2-1-3-13(10-11)21-15(22)8-9-23-14-6-4-12(20)5-7-14/h1-7,10H,8-9,20H2,(H,21,22). The number of alkyl halides is 3. The van der Waals surface area contributed by atoms with Gasteiger partial charge in [0, 0.05) is 28.4 Å². The molecule has 0 atom stereocenters. The first-order valence-corrected chi connectivity index (χ1v) is 7.78. The molecule has 122 valence electrons. The van der Waals surface area contributed by atoms with Crippen LogP contribution in [0.3, 0.4) is 0 Å². The van der Waals surface area contributed by atoms with Gasteiger partial charge in [0.05, 0.1) is 5.56 Å². The quantitative estimate of drug-likeness (QED) is 0.626. The van der Waals surface area contributed by atoms with Crippen LogP contribution in [0, 0.1) is 0 Å². The summed E-state index contributed by atoms with van der Waals surface area (Å²) in [5.41, 5.74) is 5.60. The van der Waals surface area contributed by atoms with Crippen molar-refractivity contribution in [3.63, 3.8) is 0 Å². The van der Waals surface area contributed by atoms with E-state index in [9.17, 15) is 18.0 Å². The minimum absolute atomic E-state index is 0.141. The number of nitrogen functional groups attached to an aromatic ring is 1. The number of hydrogen-bond donors (Lipinski definition) is 2. The second-order valence-electron chi connectivity index (χ2n) is 4.79. The van der Waals surface area contributed by atoms with Crippen LogP contribution in [0.25, 0.3) is 0 Å². The topological polar surface area (TPSA) is 55.1 Å². The minimum Gasteiger partial charge on any atom is -0.399 e. The number of nitrogens with one attached hydrogen (secondary N) is 1. The number of hydrogen-bond acceptors (Lipinski definition) is 3. The second kappa shape index (κ2) is 7.41. The number of benzene rings is 2. The lowest BCUT2D eigenvalue weighted by Crippen LogP contribution is -2.13. The number of anilines is 2. The van der Waals surface area contributed by atoms with Crippen LogP contribution < -0.4 is 11.1 Å². The van der Waals surface area contributed by atoms with E-state index in [0.717, 1.165) is 17.0 Å². The summed E-state index contributed by atoms with van der Waals surface area (Å²) in [5, 5.41) is 2.48. The summed E-state index contributed by atoms with van der Waals surface area (Å²) in [6.07, 6.45) is -4.23. The van der Waals surface area contributed by atoms with Crippen LogP contribution in [0.2, 0.25) is 0 Å². The van der Waals surface area contributed by atoms with Gasteiger partial charge in [-0.2, -0.15) is 13.2 Å². The van der Waals surface area contributed by atoms with Crippen LogP contribution in [0.5, 0.6) is 0 Å². The van der Waals surface area contributed by atoms with E-state index in [1.165, 1.54) is 23.9 Å². The summed E-state index contributed by atoms with van der Waals surface area (Å²) in [5.74, 6) is 0.196. The molecule has 7 heteroatoms. The molecule has 0 saturated heterocycles. The van der Waals surface area contributed by atoms with Crippen molar-refractivity contribution in [2.75, 3.05) is 16.8 Å². The summed E-state index contributed by atoms with van der Waals surface area (Å²) in [7, 11) is 0. The Labute approximate surface area is 136 Å². The van der Waals surface area contributed by atoms with Gasteiger partial charge in [0.25, 0.3) is 0 Å². The van der Waals surface area contributed by atoms with E-state index in [0.29, 0.717) is 11.4 Å². The highest BCUT2D eigenvalue weighted by Gasteiger charge is 2.30. The average Bonchev–Trinajstić information content (AvgIpc) is 2.49. The van der Waals surface area contributed by atoms with Gasteiger partial charge in [-0.3, -0.25) is 4.79 Å². The molecule has 0 heterocycles. The lowest BCUT2D eigenvalue weighted by molar-refractivity contribution is -0.137. The molecule has 0 unspecified atom stereocenters. The summed E-state index contributed by atoms with van der Waals surface area (Å²) in [6.45, 7) is 0. The second-order valence-corrected chi connectivity index (χ2v) is 5.96. The molecule has 0 aliphatic carbocycles.